The number of nitrogens with one attached hydrogen (secondary N) is 2. The number of nitrogens with zero attached hydrogens (tertiary/aromatic N) is 7. The molecule has 0 saturated heterocycles. The minimum absolute atomic E-state index is 0. The Hall–Kier alpha value is -2.71. The second kappa shape index (κ2) is 22.8. The Morgan fingerprint density at radius 1 is 0.439 bits per heavy atom. The molecule has 0 fully saturated rings. The third-order valence-corrected chi connectivity index (χ3v) is 12.4. The van der Waals surface area contributed by atoms with Crippen molar-refractivity contribution in [2.24, 2.45) is 20.5 Å². The molecular formula is C37H25N9Na4O12S4. The smallest absolute Gasteiger partial charge is 0.744 e. The molecule has 29 heteroatoms. The second-order valence-corrected chi connectivity index (χ2v) is 18.6. The summed E-state index contributed by atoms with van der Waals surface area (Å²) in [6.07, 6.45) is 1.25. The van der Waals surface area contributed by atoms with E-state index in [1.807, 2.05) is 0 Å². The fraction of sp³-hybridized carbons (Fsp3) is 0.0541. The molecule has 0 aliphatic rings. The topological polar surface area (TPSA) is 341 Å². The van der Waals surface area contributed by atoms with Crippen molar-refractivity contribution in [2.75, 3.05) is 10.6 Å². The predicted molar refractivity (Wildman–Crippen MR) is 217 cm³/mol. The van der Waals surface area contributed by atoms with E-state index in [0.29, 0.717) is 33.9 Å². The quantitative estimate of drug-likeness (QED) is 0.0656. The van der Waals surface area contributed by atoms with Gasteiger partial charge in [-0.1, -0.05) is 24.3 Å². The van der Waals surface area contributed by atoms with Crippen LogP contribution in [0.4, 0.5) is 46.0 Å². The van der Waals surface area contributed by atoms with Crippen molar-refractivity contribution >= 4 is 108 Å². The van der Waals surface area contributed by atoms with Gasteiger partial charge in [-0.2, -0.15) is 25.4 Å². The maximum Gasteiger partial charge on any atom is 1.00 e. The molecule has 21 nitrogen and oxygen atoms in total. The maximum absolute atomic E-state index is 12.0. The third-order valence-electron chi connectivity index (χ3n) is 8.91. The Labute approximate surface area is 466 Å². The Morgan fingerprint density at radius 3 is 1.14 bits per heavy atom. The third kappa shape index (κ3) is 13.7. The van der Waals surface area contributed by atoms with E-state index >= 15 is 0 Å². The van der Waals surface area contributed by atoms with Crippen LogP contribution in [0, 0.1) is 13.8 Å². The van der Waals surface area contributed by atoms with E-state index in [-0.39, 0.29) is 163 Å². The Kier molecular flexibility index (Phi) is 19.9. The van der Waals surface area contributed by atoms with E-state index < -0.39 is 60.1 Å². The molecule has 6 aromatic carbocycles. The summed E-state index contributed by atoms with van der Waals surface area (Å²) in [4.78, 5) is 9.63. The first kappa shape index (κ1) is 57.6. The number of anilines is 4. The first-order chi connectivity index (χ1) is 29.0. The van der Waals surface area contributed by atoms with Crippen molar-refractivity contribution in [3.05, 3.63) is 115 Å². The summed E-state index contributed by atoms with van der Waals surface area (Å²) in [5, 5.41) is 21.2. The molecule has 0 aliphatic carbocycles. The maximum atomic E-state index is 12.0. The van der Waals surface area contributed by atoms with Gasteiger partial charge in [0.05, 0.1) is 42.3 Å². The fourth-order valence-corrected chi connectivity index (χ4v) is 8.96. The number of rotatable bonds is 12. The van der Waals surface area contributed by atoms with Crippen molar-refractivity contribution in [1.82, 2.24) is 15.0 Å². The largest absolute Gasteiger partial charge is 1.00 e. The summed E-state index contributed by atoms with van der Waals surface area (Å²) in [7, 11) is -20.3. The van der Waals surface area contributed by atoms with Crippen LogP contribution in [-0.4, -0.2) is 66.8 Å². The molecule has 0 saturated carbocycles. The van der Waals surface area contributed by atoms with E-state index in [9.17, 15) is 51.9 Å². The normalized spacial score (nSPS) is 12.0. The summed E-state index contributed by atoms with van der Waals surface area (Å²) in [6, 6.07) is 20.5. The van der Waals surface area contributed by atoms with Crippen LogP contribution in [0.5, 0.6) is 0 Å². The van der Waals surface area contributed by atoms with Gasteiger partial charge in [-0.25, -0.2) is 43.6 Å². The molecule has 7 aromatic rings. The van der Waals surface area contributed by atoms with E-state index in [1.54, 1.807) is 50.2 Å². The molecule has 7 rings (SSSR count). The van der Waals surface area contributed by atoms with Crippen molar-refractivity contribution in [3.63, 3.8) is 0 Å². The molecule has 2 N–H and O–H groups in total. The molecule has 1 heterocycles. The van der Waals surface area contributed by atoms with Gasteiger partial charge in [-0.3, -0.25) is 0 Å². The van der Waals surface area contributed by atoms with Crippen LogP contribution < -0.4 is 129 Å². The standard InChI is InChI=1S/C37H29N9O12S4.4Na/c1-20-13-22(9-11-30(20)45-43-24-15-28-26(34(17-24)61(53,54)55)5-3-7-32(28)59(47,48)49)40-36-38-19-39-37(42-36)41-23-10-12-31(21(2)14-23)46-44-25-16-29-27(35(18-25)62(56,57)58)6-4-8-33(29)60(50,51)52;;;;/h3-19H,1-2H3,(H,47,48,49)(H,50,51,52)(H,53,54,55)(H,56,57,58)(H2,38,39,40,41,42);;;;/q;4*+1/p-4. The van der Waals surface area contributed by atoms with Crippen molar-refractivity contribution in [3.8, 4) is 0 Å². The van der Waals surface area contributed by atoms with Gasteiger partial charge < -0.3 is 28.8 Å². The minimum atomic E-state index is -5.12. The molecule has 66 heavy (non-hydrogen) atoms. The van der Waals surface area contributed by atoms with Gasteiger partial charge >= 0.3 is 118 Å². The van der Waals surface area contributed by atoms with Crippen LogP contribution in [0.25, 0.3) is 21.5 Å². The van der Waals surface area contributed by atoms with E-state index in [1.165, 1.54) is 18.5 Å². The number of hydrogen-bond donors (Lipinski definition) is 2. The zero-order valence-electron chi connectivity index (χ0n) is 35.5. The zero-order valence-corrected chi connectivity index (χ0v) is 46.7. The summed E-state index contributed by atoms with van der Waals surface area (Å²) in [5.41, 5.74) is 2.38. The van der Waals surface area contributed by atoms with Crippen LogP contribution in [0.2, 0.25) is 0 Å². The SMILES string of the molecule is Cc1cc(Nc2ncnc(Nc3ccc(N=Nc4cc(S(=O)(=O)[O-])c5cccc(S(=O)(=O)[O-])c5c4)c(C)c3)n2)ccc1N=Nc1cc(S(=O)(=O)[O-])c2cccc(S(=O)(=O)[O-])c2c1.[Na+].[Na+].[Na+].[Na+]. The van der Waals surface area contributed by atoms with Crippen molar-refractivity contribution < 1.29 is 170 Å². The summed E-state index contributed by atoms with van der Waals surface area (Å²) >= 11 is 0. The average molecular weight is 1010 g/mol. The van der Waals surface area contributed by atoms with Crippen molar-refractivity contribution in [2.45, 2.75) is 33.4 Å². The molecule has 1 aromatic heterocycles. The van der Waals surface area contributed by atoms with Gasteiger partial charge in [-0.05, 0) is 97.8 Å². The number of azo groups is 2. The first-order valence-electron chi connectivity index (χ1n) is 17.3. The summed E-state index contributed by atoms with van der Waals surface area (Å²) < 4.78 is 143. The Balaban J connectivity index is 0.00000289. The van der Waals surface area contributed by atoms with Gasteiger partial charge in [-0.15, -0.1) is 0 Å². The molecule has 0 aliphatic heterocycles. The molecular weight excluding hydrogens is 983 g/mol. The number of aromatic nitrogens is 3. The average Bonchev–Trinajstić information content (AvgIpc) is 3.18. The summed E-state index contributed by atoms with van der Waals surface area (Å²) in [5.74, 6) is 0.265. The number of fused-ring (bicyclic) bond motifs is 2. The molecule has 0 atom stereocenters. The van der Waals surface area contributed by atoms with Gasteiger partial charge in [0.1, 0.15) is 46.8 Å². The van der Waals surface area contributed by atoms with Gasteiger partial charge in [0, 0.05) is 32.9 Å². The van der Waals surface area contributed by atoms with Crippen LogP contribution in [-0.2, 0) is 40.5 Å². The van der Waals surface area contributed by atoms with Crippen molar-refractivity contribution in [1.29, 1.82) is 0 Å². The van der Waals surface area contributed by atoms with E-state index in [4.69, 9.17) is 0 Å². The van der Waals surface area contributed by atoms with E-state index in [0.717, 1.165) is 48.5 Å². The van der Waals surface area contributed by atoms with E-state index in [2.05, 4.69) is 46.0 Å². The number of benzene rings is 6. The van der Waals surface area contributed by atoms with Crippen LogP contribution in [0.1, 0.15) is 11.1 Å². The molecule has 0 bridgehead atoms. The molecule has 318 valence electrons. The summed E-state index contributed by atoms with van der Waals surface area (Å²) in [6.45, 7) is 3.38. The number of aryl methyl sites for hydroxylation is 2. The number of hydrogen-bond acceptors (Lipinski definition) is 21. The zero-order chi connectivity index (χ0) is 44.8. The van der Waals surface area contributed by atoms with Gasteiger partial charge in [0.25, 0.3) is 0 Å². The monoisotopic (exact) mass is 1010 g/mol. The van der Waals surface area contributed by atoms with Crippen LogP contribution in [0.3, 0.4) is 0 Å². The predicted octanol–water partition coefficient (Wildman–Crippen LogP) is -5.25. The molecule has 0 radical (unpaired) electrons. The molecule has 0 spiro atoms. The Morgan fingerprint density at radius 2 is 0.803 bits per heavy atom. The fourth-order valence-electron chi connectivity index (χ4n) is 6.17. The van der Waals surface area contributed by atoms with Gasteiger partial charge in [0.15, 0.2) is 0 Å². The van der Waals surface area contributed by atoms with Crippen LogP contribution in [0.15, 0.2) is 143 Å². The molecule has 0 amide bonds. The second-order valence-electron chi connectivity index (χ2n) is 13.2. The van der Waals surface area contributed by atoms with Gasteiger partial charge in [0.2, 0.25) is 11.9 Å². The van der Waals surface area contributed by atoms with Crippen LogP contribution >= 0.6 is 0 Å². The first-order valence-corrected chi connectivity index (χ1v) is 22.9. The minimum Gasteiger partial charge on any atom is -0.744 e. The Bertz CT molecular complexity index is 3310. The molecule has 0 unspecified atom stereocenters.